The zero-order valence-corrected chi connectivity index (χ0v) is 33.3. The van der Waals surface area contributed by atoms with Gasteiger partial charge in [-0.2, -0.15) is 0 Å². The lowest BCUT2D eigenvalue weighted by Crippen LogP contribution is -2.18. The Morgan fingerprint density at radius 3 is 1.49 bits per heavy atom. The van der Waals surface area contributed by atoms with Crippen LogP contribution in [0.3, 0.4) is 0 Å². The van der Waals surface area contributed by atoms with Gasteiger partial charge in [-0.15, -0.1) is 0 Å². The van der Waals surface area contributed by atoms with E-state index < -0.39 is 0 Å². The fourth-order valence-electron chi connectivity index (χ4n) is 8.52. The van der Waals surface area contributed by atoms with E-state index in [4.69, 9.17) is 9.97 Å². The van der Waals surface area contributed by atoms with Gasteiger partial charge in [0.15, 0.2) is 0 Å². The Balaban J connectivity index is 0.854. The number of fused-ring (bicyclic) bond motifs is 2. The van der Waals surface area contributed by atoms with Crippen molar-refractivity contribution in [3.05, 3.63) is 223 Å². The second-order valence-corrected chi connectivity index (χ2v) is 16.0. The number of allylic oxidation sites excluding steroid dienone is 4. The van der Waals surface area contributed by atoms with Crippen LogP contribution in [0.15, 0.2) is 206 Å². The summed E-state index contributed by atoms with van der Waals surface area (Å²) in [5.41, 5.74) is 16.7. The fraction of sp³-hybridized carbons (Fsp3) is 0.0893. The topological polar surface area (TPSA) is 38.7 Å². The average molecular weight is 758 g/mol. The van der Waals surface area contributed by atoms with E-state index in [1.807, 2.05) is 24.4 Å². The van der Waals surface area contributed by atoms with Crippen LogP contribution < -0.4 is 0 Å². The Morgan fingerprint density at radius 2 is 0.949 bits per heavy atom. The standard InChI is InChI=1S/C56H43N3/c1-56(2,45-31-27-40(28-32-45)38-19-23-43(24-20-38)54-36-49(42-12-4-3-5-13-42)47-14-6-8-17-52(47)58-54)46-33-29-41(30-34-46)39-21-25-44(26-22-39)55-37-50(51-16-10-11-35-57-51)48-15-7-9-18-53(48)59-55/h3-12,14-37,42H,13H2,1-2H3. The molecule has 1 atom stereocenters. The third kappa shape index (κ3) is 7.06. The van der Waals surface area contributed by atoms with Gasteiger partial charge in [-0.1, -0.05) is 178 Å². The van der Waals surface area contributed by atoms with Crippen LogP contribution in [0, 0.1) is 0 Å². The van der Waals surface area contributed by atoms with E-state index in [1.165, 1.54) is 44.3 Å². The summed E-state index contributed by atoms with van der Waals surface area (Å²) in [5.74, 6) is 0.359. The van der Waals surface area contributed by atoms with Crippen molar-refractivity contribution in [2.24, 2.45) is 0 Å². The van der Waals surface area contributed by atoms with Crippen molar-refractivity contribution >= 4 is 21.8 Å². The predicted octanol–water partition coefficient (Wildman–Crippen LogP) is 14.4. The molecule has 0 N–H and O–H groups in total. The number of aromatic nitrogens is 3. The first-order valence-electron chi connectivity index (χ1n) is 20.4. The first-order valence-corrected chi connectivity index (χ1v) is 20.4. The zero-order valence-electron chi connectivity index (χ0n) is 33.3. The van der Waals surface area contributed by atoms with Crippen molar-refractivity contribution in [3.63, 3.8) is 0 Å². The fourth-order valence-corrected chi connectivity index (χ4v) is 8.52. The van der Waals surface area contributed by atoms with Crippen molar-refractivity contribution in [1.29, 1.82) is 0 Å². The predicted molar refractivity (Wildman–Crippen MR) is 246 cm³/mol. The molecule has 0 saturated heterocycles. The second-order valence-electron chi connectivity index (χ2n) is 16.0. The molecule has 0 saturated carbocycles. The highest BCUT2D eigenvalue weighted by Gasteiger charge is 2.23. The smallest absolute Gasteiger partial charge is 0.0716 e. The largest absolute Gasteiger partial charge is 0.256 e. The SMILES string of the molecule is CC(C)(c1ccc(-c2ccc(-c3cc(-c4ccccn4)c4ccccc4n3)cc2)cc1)c1ccc(-c2ccc(-c3cc(C4C=CC=CC4)c4ccccc4n3)cc2)cc1. The number of benzene rings is 6. The number of hydrogen-bond acceptors (Lipinski definition) is 3. The van der Waals surface area contributed by atoms with Crippen LogP contribution in [-0.4, -0.2) is 15.0 Å². The van der Waals surface area contributed by atoms with Gasteiger partial charge >= 0.3 is 0 Å². The summed E-state index contributed by atoms with van der Waals surface area (Å²) in [6.07, 6.45) is 11.7. The van der Waals surface area contributed by atoms with Crippen LogP contribution in [0.5, 0.6) is 0 Å². The minimum Gasteiger partial charge on any atom is -0.256 e. The molecule has 3 heteroatoms. The van der Waals surface area contributed by atoms with E-state index in [-0.39, 0.29) is 5.41 Å². The molecule has 9 aromatic rings. The third-order valence-corrected chi connectivity index (χ3v) is 12.0. The molecule has 10 rings (SSSR count). The minimum absolute atomic E-state index is 0.166. The molecule has 0 spiro atoms. The normalized spacial score (nSPS) is 13.9. The maximum absolute atomic E-state index is 5.08. The molecular weight excluding hydrogens is 715 g/mol. The Labute approximate surface area is 346 Å². The Bertz CT molecular complexity index is 3000. The molecule has 3 heterocycles. The third-order valence-electron chi connectivity index (χ3n) is 12.0. The van der Waals surface area contributed by atoms with Crippen LogP contribution in [0.1, 0.15) is 42.9 Å². The molecule has 0 amide bonds. The van der Waals surface area contributed by atoms with E-state index in [1.54, 1.807) is 0 Å². The van der Waals surface area contributed by atoms with E-state index in [0.717, 1.165) is 56.6 Å². The highest BCUT2D eigenvalue weighted by atomic mass is 14.7. The summed E-state index contributed by atoms with van der Waals surface area (Å²) in [6, 6.07) is 63.0. The highest BCUT2D eigenvalue weighted by Crippen LogP contribution is 2.37. The maximum atomic E-state index is 5.08. The lowest BCUT2D eigenvalue weighted by Gasteiger charge is -2.26. The summed E-state index contributed by atoms with van der Waals surface area (Å²) >= 11 is 0. The number of rotatable bonds is 8. The van der Waals surface area contributed by atoms with Crippen molar-refractivity contribution in [1.82, 2.24) is 15.0 Å². The van der Waals surface area contributed by atoms with E-state index in [9.17, 15) is 0 Å². The summed E-state index contributed by atoms with van der Waals surface area (Å²) in [6.45, 7) is 4.61. The highest BCUT2D eigenvalue weighted by molar-refractivity contribution is 5.96. The van der Waals surface area contributed by atoms with Gasteiger partial charge in [-0.05, 0) is 81.8 Å². The van der Waals surface area contributed by atoms with Crippen molar-refractivity contribution in [2.75, 3.05) is 0 Å². The van der Waals surface area contributed by atoms with E-state index >= 15 is 0 Å². The van der Waals surface area contributed by atoms with Gasteiger partial charge in [0.1, 0.15) is 0 Å². The van der Waals surface area contributed by atoms with Gasteiger partial charge in [-0.25, -0.2) is 9.97 Å². The lowest BCUT2D eigenvalue weighted by molar-refractivity contribution is 0.641. The molecule has 0 aliphatic heterocycles. The molecule has 3 aromatic heterocycles. The monoisotopic (exact) mass is 757 g/mol. The number of nitrogens with zero attached hydrogens (tertiary/aromatic N) is 3. The molecule has 0 fully saturated rings. The van der Waals surface area contributed by atoms with Crippen molar-refractivity contribution in [2.45, 2.75) is 31.6 Å². The van der Waals surface area contributed by atoms with Crippen LogP contribution in [-0.2, 0) is 5.41 Å². The quantitative estimate of drug-likeness (QED) is 0.155. The molecule has 282 valence electrons. The van der Waals surface area contributed by atoms with Crippen molar-refractivity contribution < 1.29 is 0 Å². The summed E-state index contributed by atoms with van der Waals surface area (Å²) < 4.78 is 0. The first kappa shape index (κ1) is 36.1. The minimum atomic E-state index is -0.166. The van der Waals surface area contributed by atoms with E-state index in [0.29, 0.717) is 5.92 Å². The lowest BCUT2D eigenvalue weighted by atomic mass is 9.77. The molecule has 0 bridgehead atoms. The Morgan fingerprint density at radius 1 is 0.458 bits per heavy atom. The van der Waals surface area contributed by atoms with Gasteiger partial charge in [0.25, 0.3) is 0 Å². The van der Waals surface area contributed by atoms with Gasteiger partial charge in [0, 0.05) is 45.0 Å². The molecule has 6 aromatic carbocycles. The zero-order chi connectivity index (χ0) is 39.8. The molecule has 1 aliphatic rings. The Hall–Kier alpha value is -7.23. The van der Waals surface area contributed by atoms with Crippen LogP contribution in [0.4, 0.5) is 0 Å². The maximum Gasteiger partial charge on any atom is 0.0716 e. The molecule has 1 aliphatic carbocycles. The first-order chi connectivity index (χ1) is 29.0. The number of hydrogen-bond donors (Lipinski definition) is 0. The second kappa shape index (κ2) is 15.3. The number of para-hydroxylation sites is 2. The van der Waals surface area contributed by atoms with Gasteiger partial charge in [0.2, 0.25) is 0 Å². The van der Waals surface area contributed by atoms with E-state index in [2.05, 4.69) is 201 Å². The van der Waals surface area contributed by atoms with Gasteiger partial charge in [-0.3, -0.25) is 4.98 Å². The summed E-state index contributed by atoms with van der Waals surface area (Å²) in [5, 5.41) is 2.33. The molecule has 0 radical (unpaired) electrons. The van der Waals surface area contributed by atoms with Crippen LogP contribution >= 0.6 is 0 Å². The van der Waals surface area contributed by atoms with Crippen LogP contribution in [0.25, 0.3) is 77.8 Å². The van der Waals surface area contributed by atoms with Crippen LogP contribution in [0.2, 0.25) is 0 Å². The molecule has 3 nitrogen and oxygen atoms in total. The van der Waals surface area contributed by atoms with Crippen molar-refractivity contribution in [3.8, 4) is 56.0 Å². The molecule has 1 unspecified atom stereocenters. The van der Waals surface area contributed by atoms with Gasteiger partial charge < -0.3 is 0 Å². The average Bonchev–Trinajstić information content (AvgIpc) is 3.31. The molecule has 59 heavy (non-hydrogen) atoms. The summed E-state index contributed by atoms with van der Waals surface area (Å²) in [7, 11) is 0. The Kier molecular flexibility index (Phi) is 9.35. The number of pyridine rings is 3. The summed E-state index contributed by atoms with van der Waals surface area (Å²) in [4.78, 5) is 14.8. The molecular formula is C56H43N3. The van der Waals surface area contributed by atoms with Gasteiger partial charge in [0.05, 0.1) is 28.1 Å².